The molecule has 0 aliphatic rings. The number of H-pyrrole nitrogens is 1. The molecule has 4 nitrogen and oxygen atoms in total. The van der Waals surface area contributed by atoms with Gasteiger partial charge in [0.2, 0.25) is 0 Å². The van der Waals surface area contributed by atoms with E-state index in [1.54, 1.807) is 6.20 Å². The number of benzene rings is 1. The minimum atomic E-state index is 0.105. The van der Waals surface area contributed by atoms with Gasteiger partial charge in [0, 0.05) is 5.56 Å². The van der Waals surface area contributed by atoms with E-state index in [0.29, 0.717) is 5.75 Å². The van der Waals surface area contributed by atoms with Gasteiger partial charge >= 0.3 is 0 Å². The van der Waals surface area contributed by atoms with Crippen LogP contribution in [0.5, 0.6) is 0 Å². The Morgan fingerprint density at radius 2 is 2.12 bits per heavy atom. The average molecular weight is 233 g/mol. The van der Waals surface area contributed by atoms with E-state index >= 15 is 0 Å². The summed E-state index contributed by atoms with van der Waals surface area (Å²) in [7, 11) is 0. The van der Waals surface area contributed by atoms with Crippen molar-refractivity contribution in [3.8, 4) is 0 Å². The highest BCUT2D eigenvalue weighted by molar-refractivity contribution is 7.99. The number of aromatic nitrogens is 3. The van der Waals surface area contributed by atoms with E-state index in [9.17, 15) is 4.79 Å². The number of hydrogen-bond donors (Lipinski definition) is 1. The lowest BCUT2D eigenvalue weighted by atomic mass is 10.1. The van der Waals surface area contributed by atoms with Crippen molar-refractivity contribution in [1.82, 2.24) is 15.4 Å². The van der Waals surface area contributed by atoms with E-state index in [1.807, 2.05) is 31.2 Å². The highest BCUT2D eigenvalue weighted by Crippen LogP contribution is 2.15. The van der Waals surface area contributed by atoms with Crippen LogP contribution in [0.4, 0.5) is 0 Å². The van der Waals surface area contributed by atoms with E-state index in [2.05, 4.69) is 15.4 Å². The first-order valence-corrected chi connectivity index (χ1v) is 5.83. The first kappa shape index (κ1) is 10.9. The third kappa shape index (κ3) is 2.70. The normalized spacial score (nSPS) is 10.3. The lowest BCUT2D eigenvalue weighted by molar-refractivity contribution is 0.102. The quantitative estimate of drug-likeness (QED) is 0.649. The summed E-state index contributed by atoms with van der Waals surface area (Å²) in [6.07, 6.45) is 1.60. The largest absolute Gasteiger partial charge is 0.293 e. The monoisotopic (exact) mass is 233 g/mol. The number of nitrogens with one attached hydrogen (secondary N) is 1. The number of carbonyl (C=O) groups excluding carboxylic acids is 1. The standard InChI is InChI=1S/C11H11N3OS/c1-8-2-4-9(5-3-8)10(15)7-16-11-6-12-14-13-11/h2-6H,7H2,1H3,(H,12,13,14). The van der Waals surface area contributed by atoms with Crippen molar-refractivity contribution in [2.24, 2.45) is 0 Å². The maximum atomic E-state index is 11.8. The molecular formula is C11H11N3OS. The molecule has 0 spiro atoms. The van der Waals surface area contributed by atoms with Gasteiger partial charge in [-0.05, 0) is 6.92 Å². The van der Waals surface area contributed by atoms with E-state index in [1.165, 1.54) is 11.8 Å². The van der Waals surface area contributed by atoms with Crippen molar-refractivity contribution in [3.05, 3.63) is 41.6 Å². The Morgan fingerprint density at radius 1 is 1.38 bits per heavy atom. The van der Waals surface area contributed by atoms with Crippen LogP contribution in [-0.4, -0.2) is 26.9 Å². The van der Waals surface area contributed by atoms with E-state index in [0.717, 1.165) is 16.2 Å². The summed E-state index contributed by atoms with van der Waals surface area (Å²) in [5.41, 5.74) is 1.89. The molecule has 0 saturated heterocycles. The number of ketones is 1. The number of carbonyl (C=O) groups is 1. The van der Waals surface area contributed by atoms with Crippen LogP contribution in [-0.2, 0) is 0 Å². The van der Waals surface area contributed by atoms with Gasteiger partial charge < -0.3 is 0 Å². The van der Waals surface area contributed by atoms with Crippen LogP contribution < -0.4 is 0 Å². The number of rotatable bonds is 4. The highest BCUT2D eigenvalue weighted by Gasteiger charge is 2.07. The van der Waals surface area contributed by atoms with Gasteiger partial charge in [0.1, 0.15) is 5.03 Å². The molecule has 0 amide bonds. The summed E-state index contributed by atoms with van der Waals surface area (Å²) in [6.45, 7) is 2.00. The van der Waals surface area contributed by atoms with Gasteiger partial charge in [0.25, 0.3) is 0 Å². The van der Waals surface area contributed by atoms with Crippen molar-refractivity contribution in [2.75, 3.05) is 5.75 Å². The van der Waals surface area contributed by atoms with Gasteiger partial charge in [-0.2, -0.15) is 10.3 Å². The summed E-state index contributed by atoms with van der Waals surface area (Å²) < 4.78 is 0. The van der Waals surface area contributed by atoms with Crippen molar-refractivity contribution >= 4 is 17.5 Å². The first-order valence-electron chi connectivity index (χ1n) is 4.84. The van der Waals surface area contributed by atoms with Crippen molar-refractivity contribution < 1.29 is 4.79 Å². The predicted octanol–water partition coefficient (Wildman–Crippen LogP) is 2.09. The molecule has 16 heavy (non-hydrogen) atoms. The maximum absolute atomic E-state index is 11.8. The van der Waals surface area contributed by atoms with Crippen LogP contribution in [0.3, 0.4) is 0 Å². The Kier molecular flexibility index (Phi) is 3.36. The van der Waals surface area contributed by atoms with Crippen molar-refractivity contribution in [2.45, 2.75) is 11.9 Å². The van der Waals surface area contributed by atoms with Gasteiger partial charge in [-0.3, -0.25) is 4.79 Å². The van der Waals surface area contributed by atoms with Crippen molar-refractivity contribution in [1.29, 1.82) is 0 Å². The van der Waals surface area contributed by atoms with Crippen LogP contribution in [0.2, 0.25) is 0 Å². The van der Waals surface area contributed by atoms with E-state index in [-0.39, 0.29) is 5.78 Å². The minimum Gasteiger partial charge on any atom is -0.293 e. The summed E-state index contributed by atoms with van der Waals surface area (Å²) in [5, 5.41) is 10.8. The number of Topliss-reactive ketones (excluding diaryl/α,β-unsaturated/α-hetero) is 1. The second-order valence-corrected chi connectivity index (χ2v) is 4.38. The van der Waals surface area contributed by atoms with Crippen LogP contribution in [0.15, 0.2) is 35.5 Å². The molecule has 82 valence electrons. The third-order valence-electron chi connectivity index (χ3n) is 2.12. The molecule has 0 unspecified atom stereocenters. The van der Waals surface area contributed by atoms with E-state index < -0.39 is 0 Å². The fourth-order valence-corrected chi connectivity index (χ4v) is 1.90. The number of hydrogen-bond acceptors (Lipinski definition) is 4. The van der Waals surface area contributed by atoms with Gasteiger partial charge in [-0.15, -0.1) is 5.10 Å². The van der Waals surface area contributed by atoms with Crippen LogP contribution in [0.1, 0.15) is 15.9 Å². The summed E-state index contributed by atoms with van der Waals surface area (Å²) in [5.74, 6) is 0.489. The van der Waals surface area contributed by atoms with Gasteiger partial charge in [-0.1, -0.05) is 41.6 Å². The Hall–Kier alpha value is -1.62. The van der Waals surface area contributed by atoms with Crippen LogP contribution in [0.25, 0.3) is 0 Å². The minimum absolute atomic E-state index is 0.105. The molecule has 0 aliphatic heterocycles. The second kappa shape index (κ2) is 4.94. The molecule has 0 fully saturated rings. The molecule has 1 aromatic carbocycles. The zero-order valence-corrected chi connectivity index (χ0v) is 9.62. The van der Waals surface area contributed by atoms with Crippen molar-refractivity contribution in [3.63, 3.8) is 0 Å². The molecule has 0 bridgehead atoms. The summed E-state index contributed by atoms with van der Waals surface area (Å²) in [6, 6.07) is 7.57. The Bertz CT molecular complexity index is 464. The number of aryl methyl sites for hydroxylation is 1. The van der Waals surface area contributed by atoms with Crippen LogP contribution >= 0.6 is 11.8 Å². The predicted molar refractivity (Wildman–Crippen MR) is 62.6 cm³/mol. The third-order valence-corrected chi connectivity index (χ3v) is 3.02. The molecule has 2 rings (SSSR count). The smallest absolute Gasteiger partial charge is 0.173 e. The van der Waals surface area contributed by atoms with Gasteiger partial charge in [0.15, 0.2) is 5.78 Å². The molecule has 1 N–H and O–H groups in total. The molecule has 1 heterocycles. The molecule has 2 aromatic rings. The fourth-order valence-electron chi connectivity index (χ4n) is 1.22. The van der Waals surface area contributed by atoms with Gasteiger partial charge in [-0.25, -0.2) is 0 Å². The molecule has 1 aromatic heterocycles. The molecule has 5 heteroatoms. The molecule has 0 radical (unpaired) electrons. The number of nitrogens with zero attached hydrogens (tertiary/aromatic N) is 2. The SMILES string of the molecule is Cc1ccc(C(=O)CSc2cn[nH]n2)cc1. The molecule has 0 saturated carbocycles. The first-order chi connectivity index (χ1) is 7.75. The molecule has 0 atom stereocenters. The van der Waals surface area contributed by atoms with E-state index in [4.69, 9.17) is 0 Å². The second-order valence-electron chi connectivity index (χ2n) is 3.39. The Balaban J connectivity index is 1.95. The van der Waals surface area contributed by atoms with Gasteiger partial charge in [0.05, 0.1) is 11.9 Å². The lowest BCUT2D eigenvalue weighted by Gasteiger charge is -1.99. The summed E-state index contributed by atoms with van der Waals surface area (Å²) >= 11 is 1.38. The maximum Gasteiger partial charge on any atom is 0.173 e. The highest BCUT2D eigenvalue weighted by atomic mass is 32.2. The topological polar surface area (TPSA) is 58.6 Å². The number of aromatic amines is 1. The fraction of sp³-hybridized carbons (Fsp3) is 0.182. The zero-order chi connectivity index (χ0) is 11.4. The Morgan fingerprint density at radius 3 is 2.75 bits per heavy atom. The number of thioether (sulfide) groups is 1. The summed E-state index contributed by atoms with van der Waals surface area (Å²) in [4.78, 5) is 11.8. The molecular weight excluding hydrogens is 222 g/mol. The lowest BCUT2D eigenvalue weighted by Crippen LogP contribution is -2.02. The average Bonchev–Trinajstić information content (AvgIpc) is 2.80. The Labute approximate surface area is 97.5 Å². The zero-order valence-electron chi connectivity index (χ0n) is 8.80. The van der Waals surface area contributed by atoms with Crippen LogP contribution in [0, 0.1) is 6.92 Å². The molecule has 0 aliphatic carbocycles.